The van der Waals surface area contributed by atoms with Crippen LogP contribution < -0.4 is 5.73 Å². The Morgan fingerprint density at radius 2 is 2.00 bits per heavy atom. The molecular formula is C12H7BrFN3S. The Kier molecular flexibility index (Phi) is 2.76. The maximum absolute atomic E-state index is 13.7. The van der Waals surface area contributed by atoms with E-state index >= 15 is 0 Å². The van der Waals surface area contributed by atoms with Crippen molar-refractivity contribution < 1.29 is 4.39 Å². The van der Waals surface area contributed by atoms with Crippen molar-refractivity contribution in [3.63, 3.8) is 0 Å². The van der Waals surface area contributed by atoms with E-state index in [0.29, 0.717) is 20.9 Å². The fourth-order valence-electron chi connectivity index (χ4n) is 1.63. The van der Waals surface area contributed by atoms with Crippen molar-refractivity contribution in [3.05, 3.63) is 40.9 Å². The highest BCUT2D eigenvalue weighted by atomic mass is 79.9. The van der Waals surface area contributed by atoms with Gasteiger partial charge in [0, 0.05) is 5.69 Å². The van der Waals surface area contributed by atoms with Gasteiger partial charge in [0.1, 0.15) is 9.61 Å². The summed E-state index contributed by atoms with van der Waals surface area (Å²) in [5.74, 6) is -0.531. The number of fused-ring (bicyclic) bond motifs is 1. The van der Waals surface area contributed by atoms with E-state index in [1.165, 1.54) is 11.3 Å². The fourth-order valence-corrected chi connectivity index (χ4v) is 2.94. The largest absolute Gasteiger partial charge is 0.399 e. The molecule has 3 nitrogen and oxygen atoms in total. The van der Waals surface area contributed by atoms with Crippen molar-refractivity contribution in [3.8, 4) is 10.6 Å². The third-order valence-electron chi connectivity index (χ3n) is 2.46. The highest BCUT2D eigenvalue weighted by molar-refractivity contribution is 9.10. The van der Waals surface area contributed by atoms with Gasteiger partial charge in [-0.15, -0.1) is 11.3 Å². The lowest BCUT2D eigenvalue weighted by Crippen LogP contribution is -1.88. The van der Waals surface area contributed by atoms with E-state index in [1.54, 1.807) is 18.2 Å². The van der Waals surface area contributed by atoms with Gasteiger partial charge in [-0.3, -0.25) is 0 Å². The third kappa shape index (κ3) is 1.97. The molecule has 1 aromatic carbocycles. The first kappa shape index (κ1) is 11.6. The zero-order valence-electron chi connectivity index (χ0n) is 9.02. The van der Waals surface area contributed by atoms with Crippen LogP contribution in [0.5, 0.6) is 0 Å². The zero-order chi connectivity index (χ0) is 12.7. The number of nitrogen functional groups attached to an aromatic ring is 1. The van der Waals surface area contributed by atoms with Crippen molar-refractivity contribution in [1.82, 2.24) is 9.97 Å². The number of nitrogens with zero attached hydrogens (tertiary/aromatic N) is 2. The molecule has 0 aliphatic rings. The van der Waals surface area contributed by atoms with E-state index in [4.69, 9.17) is 5.73 Å². The van der Waals surface area contributed by atoms with Gasteiger partial charge in [0.15, 0.2) is 0 Å². The smallest absolute Gasteiger partial charge is 0.224 e. The van der Waals surface area contributed by atoms with Crippen molar-refractivity contribution >= 4 is 43.2 Å². The number of nitrogens with two attached hydrogens (primary N) is 1. The summed E-state index contributed by atoms with van der Waals surface area (Å²) >= 11 is 4.53. The Hall–Kier alpha value is -1.53. The topological polar surface area (TPSA) is 51.8 Å². The second kappa shape index (κ2) is 4.29. The number of aromatic nitrogens is 2. The predicted octanol–water partition coefficient (Wildman–Crippen LogP) is 3.84. The molecule has 90 valence electrons. The molecule has 0 radical (unpaired) electrons. The fraction of sp³-hybridized carbons (Fsp3) is 0. The Morgan fingerprint density at radius 1 is 1.17 bits per heavy atom. The van der Waals surface area contributed by atoms with Gasteiger partial charge >= 0.3 is 0 Å². The molecule has 0 saturated heterocycles. The first-order valence-electron chi connectivity index (χ1n) is 5.12. The van der Waals surface area contributed by atoms with Crippen LogP contribution in [0.25, 0.3) is 20.8 Å². The summed E-state index contributed by atoms with van der Waals surface area (Å²) < 4.78 is 15.1. The molecular weight excluding hydrogens is 317 g/mol. The van der Waals surface area contributed by atoms with Crippen LogP contribution in [0.4, 0.5) is 10.1 Å². The van der Waals surface area contributed by atoms with Gasteiger partial charge in [-0.1, -0.05) is 0 Å². The molecule has 0 atom stereocenters. The summed E-state index contributed by atoms with van der Waals surface area (Å²) in [5, 5.41) is 0.605. The Morgan fingerprint density at radius 3 is 2.78 bits per heavy atom. The Bertz CT molecular complexity index is 741. The van der Waals surface area contributed by atoms with Crippen molar-refractivity contribution in [2.24, 2.45) is 0 Å². The van der Waals surface area contributed by atoms with Gasteiger partial charge in [0.25, 0.3) is 0 Å². The van der Waals surface area contributed by atoms with Crippen molar-refractivity contribution in [2.45, 2.75) is 0 Å². The molecule has 0 amide bonds. The number of halogens is 2. The number of anilines is 1. The van der Waals surface area contributed by atoms with E-state index in [0.717, 1.165) is 10.2 Å². The van der Waals surface area contributed by atoms with Crippen LogP contribution in [-0.4, -0.2) is 9.97 Å². The molecule has 3 aromatic rings. The Labute approximate surface area is 115 Å². The van der Waals surface area contributed by atoms with Crippen LogP contribution in [0.1, 0.15) is 0 Å². The van der Waals surface area contributed by atoms with Crippen LogP contribution in [0.2, 0.25) is 0 Å². The second-order valence-corrected chi connectivity index (χ2v) is 5.56. The SMILES string of the molecule is Nc1ccc2nc(-c3ccc(Br)nc3F)sc2c1. The lowest BCUT2D eigenvalue weighted by molar-refractivity contribution is 0.585. The molecule has 2 aromatic heterocycles. The van der Waals surface area contributed by atoms with Gasteiger partial charge < -0.3 is 5.73 Å². The summed E-state index contributed by atoms with van der Waals surface area (Å²) in [6.45, 7) is 0. The number of hydrogen-bond acceptors (Lipinski definition) is 4. The summed E-state index contributed by atoms with van der Waals surface area (Å²) in [6, 6.07) is 8.80. The lowest BCUT2D eigenvalue weighted by Gasteiger charge is -1.97. The van der Waals surface area contributed by atoms with Gasteiger partial charge in [-0.25, -0.2) is 9.97 Å². The number of rotatable bonds is 1. The normalized spacial score (nSPS) is 11.0. The average molecular weight is 324 g/mol. The molecule has 0 saturated carbocycles. The van der Waals surface area contributed by atoms with E-state index in [1.807, 2.05) is 12.1 Å². The summed E-state index contributed by atoms with van der Waals surface area (Å²) in [5.41, 5.74) is 7.59. The Balaban J connectivity index is 2.19. The lowest BCUT2D eigenvalue weighted by atomic mass is 10.3. The third-order valence-corrected chi connectivity index (χ3v) is 3.95. The van der Waals surface area contributed by atoms with Gasteiger partial charge in [0.05, 0.1) is 15.8 Å². The molecule has 18 heavy (non-hydrogen) atoms. The van der Waals surface area contributed by atoms with E-state index in [-0.39, 0.29) is 0 Å². The van der Waals surface area contributed by atoms with Crippen molar-refractivity contribution in [1.29, 1.82) is 0 Å². The first-order valence-corrected chi connectivity index (χ1v) is 6.73. The maximum atomic E-state index is 13.7. The molecule has 2 heterocycles. The number of hydrogen-bond donors (Lipinski definition) is 1. The van der Waals surface area contributed by atoms with Crippen molar-refractivity contribution in [2.75, 3.05) is 5.73 Å². The second-order valence-electron chi connectivity index (χ2n) is 3.72. The summed E-state index contributed by atoms with van der Waals surface area (Å²) in [6.07, 6.45) is 0. The van der Waals surface area contributed by atoms with E-state index in [2.05, 4.69) is 25.9 Å². The minimum atomic E-state index is -0.531. The van der Waals surface area contributed by atoms with Crippen LogP contribution in [-0.2, 0) is 0 Å². The molecule has 3 rings (SSSR count). The van der Waals surface area contributed by atoms with Crippen LogP contribution in [0.3, 0.4) is 0 Å². The predicted molar refractivity (Wildman–Crippen MR) is 74.9 cm³/mol. The molecule has 0 aliphatic heterocycles. The molecule has 0 bridgehead atoms. The molecule has 0 aliphatic carbocycles. The van der Waals surface area contributed by atoms with E-state index < -0.39 is 5.95 Å². The maximum Gasteiger partial charge on any atom is 0.224 e. The number of benzene rings is 1. The molecule has 0 unspecified atom stereocenters. The zero-order valence-corrected chi connectivity index (χ0v) is 11.4. The summed E-state index contributed by atoms with van der Waals surface area (Å²) in [4.78, 5) is 8.11. The quantitative estimate of drug-likeness (QED) is 0.546. The minimum absolute atomic E-state index is 0.401. The van der Waals surface area contributed by atoms with Crippen LogP contribution in [0.15, 0.2) is 34.9 Å². The van der Waals surface area contributed by atoms with Crippen LogP contribution >= 0.6 is 27.3 Å². The number of thiazole rings is 1. The minimum Gasteiger partial charge on any atom is -0.399 e. The molecule has 0 spiro atoms. The first-order chi connectivity index (χ1) is 8.63. The van der Waals surface area contributed by atoms with Gasteiger partial charge in [-0.2, -0.15) is 4.39 Å². The average Bonchev–Trinajstić information content (AvgIpc) is 2.71. The molecule has 6 heteroatoms. The molecule has 2 N–H and O–H groups in total. The summed E-state index contributed by atoms with van der Waals surface area (Å²) in [7, 11) is 0. The van der Waals surface area contributed by atoms with Crippen LogP contribution in [0, 0.1) is 5.95 Å². The number of pyridine rings is 1. The van der Waals surface area contributed by atoms with E-state index in [9.17, 15) is 4.39 Å². The highest BCUT2D eigenvalue weighted by Gasteiger charge is 2.12. The standard InChI is InChI=1S/C12H7BrFN3S/c13-10-4-2-7(11(14)17-10)12-16-8-3-1-6(15)5-9(8)18-12/h1-5H,15H2. The monoisotopic (exact) mass is 323 g/mol. The van der Waals surface area contributed by atoms with Gasteiger partial charge in [-0.05, 0) is 46.3 Å². The highest BCUT2D eigenvalue weighted by Crippen LogP contribution is 2.32. The molecule has 0 fully saturated rings. The van der Waals surface area contributed by atoms with Gasteiger partial charge in [0.2, 0.25) is 5.95 Å².